The van der Waals surface area contributed by atoms with E-state index in [1.165, 1.54) is 16.1 Å². The molecule has 2 aliphatic rings. The number of rotatable bonds is 5. The lowest BCUT2D eigenvalue weighted by Crippen LogP contribution is -2.47. The minimum atomic E-state index is 0.191. The topological polar surface area (TPSA) is 54.3 Å². The monoisotopic (exact) mass is 427 g/mol. The van der Waals surface area contributed by atoms with Crippen molar-refractivity contribution in [1.82, 2.24) is 19.7 Å². The van der Waals surface area contributed by atoms with Crippen molar-refractivity contribution in [3.05, 3.63) is 61.1 Å². The number of hydrogen-bond acceptors (Lipinski definition) is 7. The van der Waals surface area contributed by atoms with Gasteiger partial charge in [0.15, 0.2) is 0 Å². The van der Waals surface area contributed by atoms with E-state index in [1.807, 2.05) is 0 Å². The van der Waals surface area contributed by atoms with Crippen molar-refractivity contribution in [1.29, 1.82) is 0 Å². The third kappa shape index (κ3) is 3.65. The molecule has 29 heavy (non-hydrogen) atoms. The molecule has 3 aromatic heterocycles. The van der Waals surface area contributed by atoms with E-state index in [-0.39, 0.29) is 5.56 Å². The predicted octanol–water partition coefficient (Wildman–Crippen LogP) is 3.33. The fraction of sp³-hybridized carbons (Fsp3) is 0.476. The molecule has 0 aliphatic carbocycles. The lowest BCUT2D eigenvalue weighted by Gasteiger charge is -2.42. The van der Waals surface area contributed by atoms with Crippen molar-refractivity contribution in [2.24, 2.45) is 5.92 Å². The second kappa shape index (κ2) is 7.66. The van der Waals surface area contributed by atoms with Crippen molar-refractivity contribution in [3.8, 4) is 0 Å². The van der Waals surface area contributed by atoms with Gasteiger partial charge in [-0.15, -0.1) is 21.5 Å². The first-order valence-corrected chi connectivity index (χ1v) is 11.8. The Morgan fingerprint density at radius 1 is 1.17 bits per heavy atom. The van der Waals surface area contributed by atoms with Crippen LogP contribution in [-0.2, 0) is 19.6 Å². The zero-order valence-electron chi connectivity index (χ0n) is 16.7. The van der Waals surface area contributed by atoms with Gasteiger partial charge in [0.2, 0.25) is 5.13 Å². The van der Waals surface area contributed by atoms with Crippen LogP contribution in [0.5, 0.6) is 0 Å². The van der Waals surface area contributed by atoms with Gasteiger partial charge in [-0.2, -0.15) is 0 Å². The molecule has 1 saturated heterocycles. The Morgan fingerprint density at radius 3 is 2.83 bits per heavy atom. The molecule has 0 radical (unpaired) electrons. The molecule has 3 aromatic rings. The Balaban J connectivity index is 1.36. The van der Waals surface area contributed by atoms with Gasteiger partial charge in [0, 0.05) is 54.8 Å². The number of thiophene rings is 1. The van der Waals surface area contributed by atoms with Crippen molar-refractivity contribution in [2.75, 3.05) is 25.0 Å². The van der Waals surface area contributed by atoms with Crippen molar-refractivity contribution in [3.63, 3.8) is 0 Å². The number of hydrogen-bond donors (Lipinski definition) is 0. The van der Waals surface area contributed by atoms with E-state index in [2.05, 4.69) is 62.1 Å². The summed E-state index contributed by atoms with van der Waals surface area (Å²) in [5.74, 6) is 0.879. The SMILES string of the molecule is Cc1ccsc1CN(C)Cc1ccc2n(c1=O)C[C@H]1C[C@@H]2CN(c2nncs2)C1. The maximum atomic E-state index is 13.3. The number of fused-ring (bicyclic) bond motifs is 4. The molecule has 6 nitrogen and oxygen atoms in total. The number of nitrogens with zero attached hydrogens (tertiary/aromatic N) is 5. The molecule has 0 spiro atoms. The van der Waals surface area contributed by atoms with Gasteiger partial charge in [-0.25, -0.2) is 0 Å². The standard InChI is InChI=1S/C21H25N5OS2/c1-14-5-6-28-19(14)12-24(2)10-16-3-4-18-17-7-15(9-26(18)20(16)27)8-25(11-17)21-23-22-13-29-21/h3-6,13,15,17H,7-12H2,1-2H3/t15-,17+/m0/s1. The summed E-state index contributed by atoms with van der Waals surface area (Å²) < 4.78 is 2.05. The average Bonchev–Trinajstić information content (AvgIpc) is 3.37. The van der Waals surface area contributed by atoms with Crippen LogP contribution >= 0.6 is 22.7 Å². The van der Waals surface area contributed by atoms with Crippen molar-refractivity contribution >= 4 is 27.8 Å². The van der Waals surface area contributed by atoms with Gasteiger partial charge in [0.1, 0.15) is 5.51 Å². The Hall–Kier alpha value is -2.03. The third-order valence-corrected chi connectivity index (χ3v) is 7.88. The van der Waals surface area contributed by atoms with Gasteiger partial charge in [-0.3, -0.25) is 9.69 Å². The van der Waals surface area contributed by atoms with Crippen LogP contribution in [0, 0.1) is 12.8 Å². The van der Waals surface area contributed by atoms with Crippen LogP contribution in [0.2, 0.25) is 0 Å². The fourth-order valence-corrected chi connectivity index (χ4v) is 6.30. The molecule has 2 aliphatic heterocycles. The van der Waals surface area contributed by atoms with Gasteiger partial charge in [0.25, 0.3) is 5.56 Å². The van der Waals surface area contributed by atoms with Crippen LogP contribution in [0.3, 0.4) is 0 Å². The van der Waals surface area contributed by atoms with Crippen LogP contribution < -0.4 is 10.5 Å². The summed E-state index contributed by atoms with van der Waals surface area (Å²) >= 11 is 3.38. The maximum absolute atomic E-state index is 13.3. The Bertz CT molecular complexity index is 1060. The van der Waals surface area contributed by atoms with Crippen LogP contribution in [-0.4, -0.2) is 39.8 Å². The number of aromatic nitrogens is 3. The molecule has 152 valence electrons. The molecular formula is C21H25N5OS2. The number of aryl methyl sites for hydroxylation is 1. The summed E-state index contributed by atoms with van der Waals surface area (Å²) in [5, 5.41) is 11.4. The van der Waals surface area contributed by atoms with Gasteiger partial charge in [-0.1, -0.05) is 17.4 Å². The second-order valence-electron chi connectivity index (χ2n) is 8.32. The third-order valence-electron chi connectivity index (χ3n) is 6.12. The molecule has 8 heteroatoms. The quantitative estimate of drug-likeness (QED) is 0.625. The first kappa shape index (κ1) is 19.0. The van der Waals surface area contributed by atoms with Crippen LogP contribution in [0.1, 0.15) is 34.0 Å². The first-order valence-electron chi connectivity index (χ1n) is 10.0. The molecule has 0 aromatic carbocycles. The Kier molecular flexibility index (Phi) is 5.01. The zero-order valence-corrected chi connectivity index (χ0v) is 18.4. The number of pyridine rings is 1. The van der Waals surface area contributed by atoms with E-state index in [9.17, 15) is 4.79 Å². The molecule has 1 fully saturated rings. The summed E-state index contributed by atoms with van der Waals surface area (Å²) in [6.45, 7) is 6.40. The zero-order chi connectivity index (χ0) is 20.0. The van der Waals surface area contributed by atoms with Gasteiger partial charge in [0.05, 0.1) is 0 Å². The summed E-state index contributed by atoms with van der Waals surface area (Å²) in [5.41, 5.74) is 5.39. The van der Waals surface area contributed by atoms with E-state index in [4.69, 9.17) is 0 Å². The van der Waals surface area contributed by atoms with E-state index < -0.39 is 0 Å². The summed E-state index contributed by atoms with van der Waals surface area (Å²) in [4.78, 5) is 19.2. The summed E-state index contributed by atoms with van der Waals surface area (Å²) in [7, 11) is 2.09. The summed E-state index contributed by atoms with van der Waals surface area (Å²) in [6, 6.07) is 6.40. The molecule has 2 bridgehead atoms. The van der Waals surface area contributed by atoms with Gasteiger partial charge in [-0.05, 0) is 49.4 Å². The van der Waals surface area contributed by atoms with Crippen LogP contribution in [0.4, 0.5) is 5.13 Å². The van der Waals surface area contributed by atoms with Crippen LogP contribution in [0.15, 0.2) is 33.9 Å². The molecular weight excluding hydrogens is 402 g/mol. The molecule has 5 rings (SSSR count). The maximum Gasteiger partial charge on any atom is 0.255 e. The first-order chi connectivity index (χ1) is 14.1. The highest BCUT2D eigenvalue weighted by molar-refractivity contribution is 7.13. The molecule has 0 saturated carbocycles. The average molecular weight is 428 g/mol. The number of anilines is 1. The van der Waals surface area contributed by atoms with E-state index >= 15 is 0 Å². The van der Waals surface area contributed by atoms with Gasteiger partial charge >= 0.3 is 0 Å². The van der Waals surface area contributed by atoms with Crippen LogP contribution in [0.25, 0.3) is 0 Å². The second-order valence-corrected chi connectivity index (χ2v) is 10.1. The van der Waals surface area contributed by atoms with Crippen molar-refractivity contribution < 1.29 is 0 Å². The molecule has 0 unspecified atom stereocenters. The van der Waals surface area contributed by atoms with Crippen molar-refractivity contribution in [2.45, 2.75) is 38.9 Å². The molecule has 0 N–H and O–H groups in total. The Morgan fingerprint density at radius 2 is 2.07 bits per heavy atom. The largest absolute Gasteiger partial charge is 0.346 e. The fourth-order valence-electron chi connectivity index (χ4n) is 4.73. The lowest BCUT2D eigenvalue weighted by molar-refractivity contribution is 0.276. The highest BCUT2D eigenvalue weighted by Crippen LogP contribution is 2.37. The smallest absolute Gasteiger partial charge is 0.255 e. The van der Waals surface area contributed by atoms with E-state index in [1.54, 1.807) is 28.2 Å². The van der Waals surface area contributed by atoms with E-state index in [0.29, 0.717) is 18.4 Å². The lowest BCUT2D eigenvalue weighted by atomic mass is 9.83. The highest BCUT2D eigenvalue weighted by Gasteiger charge is 2.35. The molecule has 2 atom stereocenters. The van der Waals surface area contributed by atoms with Gasteiger partial charge < -0.3 is 9.47 Å². The minimum Gasteiger partial charge on any atom is -0.346 e. The Labute approximate surface area is 178 Å². The predicted molar refractivity (Wildman–Crippen MR) is 118 cm³/mol. The minimum absolute atomic E-state index is 0.191. The normalized spacial score (nSPS) is 20.9. The molecule has 5 heterocycles. The summed E-state index contributed by atoms with van der Waals surface area (Å²) in [6.07, 6.45) is 1.16. The highest BCUT2D eigenvalue weighted by atomic mass is 32.1. The number of piperidine rings is 1. The molecule has 0 amide bonds. The van der Waals surface area contributed by atoms with E-state index in [0.717, 1.165) is 43.3 Å².